The second kappa shape index (κ2) is 8.11. The second-order valence-electron chi connectivity index (χ2n) is 5.43. The summed E-state index contributed by atoms with van der Waals surface area (Å²) < 4.78 is 32.1. The number of hydrogen-bond acceptors (Lipinski definition) is 5. The first-order valence-corrected chi connectivity index (χ1v) is 8.97. The summed E-state index contributed by atoms with van der Waals surface area (Å²) in [5.74, 6) is -0.784. The Balaban J connectivity index is 1.95. The molecule has 0 saturated heterocycles. The number of carbonyl (C=O) groups is 1. The lowest BCUT2D eigenvalue weighted by Crippen LogP contribution is -2.35. The van der Waals surface area contributed by atoms with E-state index >= 15 is 0 Å². The first-order chi connectivity index (χ1) is 11.8. The van der Waals surface area contributed by atoms with Gasteiger partial charge in [0.2, 0.25) is 10.0 Å². The predicted molar refractivity (Wildman–Crippen MR) is 91.3 cm³/mol. The summed E-state index contributed by atoms with van der Waals surface area (Å²) in [4.78, 5) is 10.8. The number of rotatable bonds is 8. The van der Waals surface area contributed by atoms with Gasteiger partial charge in [-0.1, -0.05) is 29.8 Å². The van der Waals surface area contributed by atoms with Crippen molar-refractivity contribution in [2.75, 3.05) is 13.2 Å². The molecule has 2 aromatic carbocycles. The zero-order valence-corrected chi connectivity index (χ0v) is 14.4. The second-order valence-corrected chi connectivity index (χ2v) is 7.17. The number of aromatic carboxylic acids is 1. The van der Waals surface area contributed by atoms with Crippen molar-refractivity contribution >= 4 is 16.0 Å². The number of aryl methyl sites for hydroxylation is 1. The van der Waals surface area contributed by atoms with Crippen LogP contribution < -0.4 is 9.46 Å². The smallest absolute Gasteiger partial charge is 0.337 e. The molecule has 3 N–H and O–H groups in total. The number of aliphatic hydroxyl groups is 1. The molecule has 0 bridgehead atoms. The molecule has 0 saturated carbocycles. The lowest BCUT2D eigenvalue weighted by atomic mass is 10.2. The number of aliphatic hydroxyl groups excluding tert-OH is 1. The number of benzene rings is 2. The Labute approximate surface area is 145 Å². The standard InChI is InChI=1S/C17H19NO6S/c1-12-6-8-14(9-7-12)24-11-13(19)10-18-25(22,23)16-5-3-2-4-15(16)17(20)21/h2-9,13,18-19H,10-11H2,1H3,(H,20,21)/t13-/m0/s1. The average Bonchev–Trinajstić information content (AvgIpc) is 2.59. The van der Waals surface area contributed by atoms with Gasteiger partial charge in [-0.2, -0.15) is 0 Å². The lowest BCUT2D eigenvalue weighted by molar-refractivity contribution is 0.0692. The first-order valence-electron chi connectivity index (χ1n) is 7.49. The SMILES string of the molecule is Cc1ccc(OC[C@@H](O)CNS(=O)(=O)c2ccccc2C(=O)O)cc1. The Morgan fingerprint density at radius 1 is 1.16 bits per heavy atom. The van der Waals surface area contributed by atoms with Crippen molar-refractivity contribution < 1.29 is 28.2 Å². The maximum Gasteiger partial charge on any atom is 0.337 e. The molecule has 0 amide bonds. The van der Waals surface area contributed by atoms with Gasteiger partial charge >= 0.3 is 5.97 Å². The van der Waals surface area contributed by atoms with Crippen LogP contribution in [0.1, 0.15) is 15.9 Å². The van der Waals surface area contributed by atoms with E-state index in [9.17, 15) is 18.3 Å². The van der Waals surface area contributed by atoms with Crippen molar-refractivity contribution in [3.8, 4) is 5.75 Å². The van der Waals surface area contributed by atoms with Gasteiger partial charge in [0, 0.05) is 6.54 Å². The molecule has 0 aromatic heterocycles. The van der Waals surface area contributed by atoms with Gasteiger partial charge < -0.3 is 14.9 Å². The van der Waals surface area contributed by atoms with Crippen LogP contribution in [-0.2, 0) is 10.0 Å². The molecule has 0 unspecified atom stereocenters. The van der Waals surface area contributed by atoms with E-state index in [0.717, 1.165) is 5.56 Å². The molecule has 25 heavy (non-hydrogen) atoms. The highest BCUT2D eigenvalue weighted by Crippen LogP contribution is 2.15. The summed E-state index contributed by atoms with van der Waals surface area (Å²) >= 11 is 0. The van der Waals surface area contributed by atoms with Crippen molar-refractivity contribution in [1.82, 2.24) is 4.72 Å². The van der Waals surface area contributed by atoms with Gasteiger partial charge in [0.05, 0.1) is 10.5 Å². The normalized spacial score (nSPS) is 12.6. The van der Waals surface area contributed by atoms with Crippen molar-refractivity contribution in [3.63, 3.8) is 0 Å². The van der Waals surface area contributed by atoms with Crippen molar-refractivity contribution in [2.24, 2.45) is 0 Å². The third-order valence-electron chi connectivity index (χ3n) is 3.38. The minimum Gasteiger partial charge on any atom is -0.491 e. The summed E-state index contributed by atoms with van der Waals surface area (Å²) in [5, 5.41) is 19.0. The lowest BCUT2D eigenvalue weighted by Gasteiger charge is -2.14. The molecule has 0 spiro atoms. The molecule has 2 rings (SSSR count). The van der Waals surface area contributed by atoms with Gasteiger partial charge in [0.15, 0.2) is 0 Å². The molecule has 7 nitrogen and oxygen atoms in total. The Kier molecular flexibility index (Phi) is 6.13. The fourth-order valence-corrected chi connectivity index (χ4v) is 3.32. The first kappa shape index (κ1) is 18.9. The average molecular weight is 365 g/mol. The molecule has 2 aromatic rings. The third kappa shape index (κ3) is 5.28. The van der Waals surface area contributed by atoms with Gasteiger partial charge in [-0.3, -0.25) is 0 Å². The summed E-state index contributed by atoms with van der Waals surface area (Å²) in [5.41, 5.74) is 0.734. The summed E-state index contributed by atoms with van der Waals surface area (Å²) in [6.45, 7) is 1.52. The molecule has 0 radical (unpaired) electrons. The van der Waals surface area contributed by atoms with Gasteiger partial charge in [0.1, 0.15) is 18.5 Å². The number of hydrogen-bond donors (Lipinski definition) is 3. The minimum absolute atomic E-state index is 0.105. The molecular formula is C17H19NO6S. The highest BCUT2D eigenvalue weighted by molar-refractivity contribution is 7.89. The van der Waals surface area contributed by atoms with Gasteiger partial charge in [-0.25, -0.2) is 17.9 Å². The highest BCUT2D eigenvalue weighted by atomic mass is 32.2. The Hall–Kier alpha value is -2.42. The number of sulfonamides is 1. The fourth-order valence-electron chi connectivity index (χ4n) is 2.05. The number of carboxylic acids is 1. The molecule has 0 heterocycles. The Bertz CT molecular complexity index is 832. The van der Waals surface area contributed by atoms with E-state index in [2.05, 4.69) is 4.72 Å². The summed E-state index contributed by atoms with van der Waals surface area (Å²) in [6, 6.07) is 12.5. The zero-order valence-electron chi connectivity index (χ0n) is 13.5. The molecule has 8 heteroatoms. The predicted octanol–water partition coefficient (Wildman–Crippen LogP) is 1.41. The van der Waals surface area contributed by atoms with E-state index in [1.165, 1.54) is 24.3 Å². The largest absolute Gasteiger partial charge is 0.491 e. The molecule has 0 aliphatic heterocycles. The van der Waals surface area contributed by atoms with E-state index in [1.807, 2.05) is 19.1 Å². The van der Waals surface area contributed by atoms with Crippen LogP contribution in [-0.4, -0.2) is 43.9 Å². The summed E-state index contributed by atoms with van der Waals surface area (Å²) in [7, 11) is -4.07. The minimum atomic E-state index is -4.07. The van der Waals surface area contributed by atoms with Crippen LogP contribution in [0.25, 0.3) is 0 Å². The number of ether oxygens (including phenoxy) is 1. The van der Waals surface area contributed by atoms with E-state index in [4.69, 9.17) is 9.84 Å². The monoisotopic (exact) mass is 365 g/mol. The van der Waals surface area contributed by atoms with Crippen LogP contribution in [0.2, 0.25) is 0 Å². The van der Waals surface area contributed by atoms with Crippen molar-refractivity contribution in [3.05, 3.63) is 59.7 Å². The van der Waals surface area contributed by atoms with Crippen LogP contribution >= 0.6 is 0 Å². The molecular weight excluding hydrogens is 346 g/mol. The Morgan fingerprint density at radius 3 is 2.44 bits per heavy atom. The quantitative estimate of drug-likeness (QED) is 0.652. The molecule has 0 aliphatic rings. The van der Waals surface area contributed by atoms with Crippen LogP contribution in [0.4, 0.5) is 0 Å². The molecule has 134 valence electrons. The van der Waals surface area contributed by atoms with E-state index < -0.39 is 22.1 Å². The number of carboxylic acid groups (broad SMARTS) is 1. The van der Waals surface area contributed by atoms with E-state index in [1.54, 1.807) is 12.1 Å². The highest BCUT2D eigenvalue weighted by Gasteiger charge is 2.22. The summed E-state index contributed by atoms with van der Waals surface area (Å²) in [6.07, 6.45) is -1.09. The van der Waals surface area contributed by atoms with E-state index in [0.29, 0.717) is 5.75 Å². The molecule has 0 fully saturated rings. The molecule has 1 atom stereocenters. The van der Waals surface area contributed by atoms with Crippen LogP contribution in [0, 0.1) is 6.92 Å². The topological polar surface area (TPSA) is 113 Å². The third-order valence-corrected chi connectivity index (χ3v) is 4.86. The van der Waals surface area contributed by atoms with E-state index in [-0.39, 0.29) is 23.6 Å². The zero-order chi connectivity index (χ0) is 18.4. The maximum absolute atomic E-state index is 12.2. The van der Waals surface area contributed by atoms with Gasteiger partial charge in [0.25, 0.3) is 0 Å². The fraction of sp³-hybridized carbons (Fsp3) is 0.235. The van der Waals surface area contributed by atoms with Crippen molar-refractivity contribution in [2.45, 2.75) is 17.9 Å². The Morgan fingerprint density at radius 2 is 1.80 bits per heavy atom. The van der Waals surface area contributed by atoms with Crippen LogP contribution in [0.15, 0.2) is 53.4 Å². The maximum atomic E-state index is 12.2. The van der Waals surface area contributed by atoms with Crippen molar-refractivity contribution in [1.29, 1.82) is 0 Å². The molecule has 0 aliphatic carbocycles. The van der Waals surface area contributed by atoms with Gasteiger partial charge in [-0.15, -0.1) is 0 Å². The van der Waals surface area contributed by atoms with Crippen LogP contribution in [0.5, 0.6) is 5.75 Å². The number of nitrogens with one attached hydrogen (secondary N) is 1. The van der Waals surface area contributed by atoms with Gasteiger partial charge in [-0.05, 0) is 31.2 Å². The van der Waals surface area contributed by atoms with Crippen LogP contribution in [0.3, 0.4) is 0 Å².